The minimum atomic E-state index is -1.13. The molecule has 7 heteroatoms. The number of carboxylic acid groups (broad SMARTS) is 1. The molecule has 0 aliphatic heterocycles. The molecule has 2 rings (SSSR count). The van der Waals surface area contributed by atoms with Gasteiger partial charge in [-0.3, -0.25) is 4.79 Å². The van der Waals surface area contributed by atoms with Crippen molar-refractivity contribution in [2.75, 3.05) is 5.32 Å². The first-order valence-corrected chi connectivity index (χ1v) is 6.69. The summed E-state index contributed by atoms with van der Waals surface area (Å²) in [6.07, 6.45) is 1.40. The van der Waals surface area contributed by atoms with Gasteiger partial charge in [0.15, 0.2) is 0 Å². The summed E-state index contributed by atoms with van der Waals surface area (Å²) in [7, 11) is 0. The molecule has 0 saturated heterocycles. The summed E-state index contributed by atoms with van der Waals surface area (Å²) in [5.41, 5.74) is 0.702. The number of hydrogen-bond acceptors (Lipinski definition) is 3. The number of carbonyl (C=O) groups is 2. The van der Waals surface area contributed by atoms with Gasteiger partial charge in [0, 0.05) is 15.5 Å². The number of halogens is 1. The van der Waals surface area contributed by atoms with E-state index in [1.54, 1.807) is 13.0 Å². The number of rotatable bonds is 3. The number of benzene rings is 1. The molecule has 0 aliphatic carbocycles. The van der Waals surface area contributed by atoms with Gasteiger partial charge in [-0.2, -0.15) is 0 Å². The zero-order chi connectivity index (χ0) is 14.9. The lowest BCUT2D eigenvalue weighted by molar-refractivity contribution is 0.0697. The van der Waals surface area contributed by atoms with E-state index in [4.69, 9.17) is 5.11 Å². The predicted molar refractivity (Wildman–Crippen MR) is 81.3 cm³/mol. The Hall–Kier alpha value is -2.03. The van der Waals surface area contributed by atoms with Gasteiger partial charge in [0.05, 0.1) is 11.3 Å². The second-order valence-electron chi connectivity index (χ2n) is 4.12. The number of aryl methyl sites for hydroxylation is 1. The fourth-order valence-corrected chi connectivity index (χ4v) is 2.27. The van der Waals surface area contributed by atoms with Crippen LogP contribution < -0.4 is 5.32 Å². The third kappa shape index (κ3) is 2.77. The molecular formula is C13H11IN2O4. The number of aromatic nitrogens is 1. The zero-order valence-corrected chi connectivity index (χ0v) is 12.6. The molecule has 0 radical (unpaired) electrons. The van der Waals surface area contributed by atoms with E-state index in [1.807, 2.05) is 22.6 Å². The van der Waals surface area contributed by atoms with Crippen LogP contribution in [0.15, 0.2) is 24.4 Å². The molecule has 0 bridgehead atoms. The quantitative estimate of drug-likeness (QED) is 0.609. The first kappa shape index (κ1) is 14.4. The van der Waals surface area contributed by atoms with Crippen LogP contribution in [-0.2, 0) is 0 Å². The van der Waals surface area contributed by atoms with Crippen molar-refractivity contribution in [3.8, 4) is 5.75 Å². The number of aromatic amines is 1. The molecule has 1 amide bonds. The largest absolute Gasteiger partial charge is 0.507 e. The maximum Gasteiger partial charge on any atom is 0.339 e. The number of nitrogens with one attached hydrogen (secondary N) is 2. The second kappa shape index (κ2) is 5.53. The molecule has 104 valence electrons. The smallest absolute Gasteiger partial charge is 0.339 e. The third-order valence-electron chi connectivity index (χ3n) is 2.74. The summed E-state index contributed by atoms with van der Waals surface area (Å²) < 4.78 is 0.786. The lowest BCUT2D eigenvalue weighted by atomic mass is 10.1. The van der Waals surface area contributed by atoms with Crippen LogP contribution in [0.1, 0.15) is 26.4 Å². The number of amides is 1. The van der Waals surface area contributed by atoms with Crippen LogP contribution in [0.25, 0.3) is 0 Å². The minimum Gasteiger partial charge on any atom is -0.507 e. The lowest BCUT2D eigenvalue weighted by Gasteiger charge is -2.07. The van der Waals surface area contributed by atoms with Crippen molar-refractivity contribution in [2.45, 2.75) is 6.92 Å². The van der Waals surface area contributed by atoms with Crippen molar-refractivity contribution < 1.29 is 19.8 Å². The molecule has 4 N–H and O–H groups in total. The van der Waals surface area contributed by atoms with Crippen LogP contribution in [0, 0.1) is 10.5 Å². The number of H-pyrrole nitrogens is 1. The number of carboxylic acids is 1. The highest BCUT2D eigenvalue weighted by Gasteiger charge is 2.19. The molecule has 0 fully saturated rings. The van der Waals surface area contributed by atoms with Gasteiger partial charge in [-0.05, 0) is 47.7 Å². The van der Waals surface area contributed by atoms with Crippen LogP contribution in [0.2, 0.25) is 0 Å². The maximum atomic E-state index is 12.1. The Morgan fingerprint density at radius 3 is 2.70 bits per heavy atom. The lowest BCUT2D eigenvalue weighted by Crippen LogP contribution is -2.14. The monoisotopic (exact) mass is 386 g/mol. The summed E-state index contributed by atoms with van der Waals surface area (Å²) in [6, 6.07) is 4.60. The Morgan fingerprint density at radius 1 is 1.35 bits per heavy atom. The predicted octanol–water partition coefficient (Wildman–Crippen LogP) is 2.58. The number of phenolic OH excluding ortho intramolecular Hbond substituents is 1. The Balaban J connectivity index is 2.33. The molecule has 6 nitrogen and oxygen atoms in total. The second-order valence-corrected chi connectivity index (χ2v) is 5.37. The number of anilines is 1. The van der Waals surface area contributed by atoms with E-state index in [0.29, 0.717) is 5.69 Å². The Labute approximate surface area is 128 Å². The zero-order valence-electron chi connectivity index (χ0n) is 10.4. The van der Waals surface area contributed by atoms with Crippen molar-refractivity contribution in [3.05, 3.63) is 44.8 Å². The van der Waals surface area contributed by atoms with Gasteiger partial charge in [-0.1, -0.05) is 0 Å². The summed E-state index contributed by atoms with van der Waals surface area (Å²) in [5, 5.41) is 21.3. The summed E-state index contributed by atoms with van der Waals surface area (Å²) in [5.74, 6) is -1.86. The van der Waals surface area contributed by atoms with Crippen molar-refractivity contribution in [3.63, 3.8) is 0 Å². The highest BCUT2D eigenvalue weighted by molar-refractivity contribution is 14.1. The van der Waals surface area contributed by atoms with E-state index in [9.17, 15) is 14.7 Å². The van der Waals surface area contributed by atoms with Gasteiger partial charge in [0.2, 0.25) is 0 Å². The van der Waals surface area contributed by atoms with Crippen molar-refractivity contribution in [2.24, 2.45) is 0 Å². The van der Waals surface area contributed by atoms with E-state index >= 15 is 0 Å². The van der Waals surface area contributed by atoms with Crippen molar-refractivity contribution >= 4 is 40.2 Å². The number of aromatic hydroxyl groups is 1. The first-order chi connectivity index (χ1) is 9.40. The molecule has 0 atom stereocenters. The molecule has 0 unspecified atom stereocenters. The summed E-state index contributed by atoms with van der Waals surface area (Å²) in [4.78, 5) is 26.0. The minimum absolute atomic E-state index is 0.00321. The number of phenols is 1. The Morgan fingerprint density at radius 2 is 2.05 bits per heavy atom. The normalized spacial score (nSPS) is 10.3. The molecule has 2 aromatic rings. The average molecular weight is 386 g/mol. The molecule has 1 heterocycles. The van der Waals surface area contributed by atoms with E-state index in [1.165, 1.54) is 18.3 Å². The fourth-order valence-electron chi connectivity index (χ4n) is 1.78. The van der Waals surface area contributed by atoms with Gasteiger partial charge in [0.1, 0.15) is 11.3 Å². The molecule has 1 aromatic heterocycles. The standard InChI is InChI=1S/C13H11IN2O4/c1-6-11(13(19)20)9(5-15-6)16-12(18)8-4-7(14)2-3-10(8)17/h2-5,15,17H,1H3,(H,16,18)(H,19,20). The Bertz CT molecular complexity index is 694. The molecule has 20 heavy (non-hydrogen) atoms. The molecule has 1 aromatic carbocycles. The van der Waals surface area contributed by atoms with E-state index < -0.39 is 11.9 Å². The number of aromatic carboxylic acids is 1. The van der Waals surface area contributed by atoms with Gasteiger partial charge in [-0.15, -0.1) is 0 Å². The van der Waals surface area contributed by atoms with Crippen LogP contribution in [0.5, 0.6) is 5.75 Å². The number of carbonyl (C=O) groups excluding carboxylic acids is 1. The Kier molecular flexibility index (Phi) is 3.98. The third-order valence-corrected chi connectivity index (χ3v) is 3.41. The summed E-state index contributed by atoms with van der Waals surface area (Å²) >= 11 is 2.02. The van der Waals surface area contributed by atoms with Gasteiger partial charge < -0.3 is 20.5 Å². The topological polar surface area (TPSA) is 102 Å². The van der Waals surface area contributed by atoms with Crippen LogP contribution >= 0.6 is 22.6 Å². The highest BCUT2D eigenvalue weighted by atomic mass is 127. The summed E-state index contributed by atoms with van der Waals surface area (Å²) in [6.45, 7) is 1.60. The van der Waals surface area contributed by atoms with E-state index in [2.05, 4.69) is 10.3 Å². The van der Waals surface area contributed by atoms with E-state index in [-0.39, 0.29) is 22.6 Å². The van der Waals surface area contributed by atoms with Gasteiger partial charge in [-0.25, -0.2) is 4.79 Å². The van der Waals surface area contributed by atoms with Crippen LogP contribution in [-0.4, -0.2) is 27.1 Å². The van der Waals surface area contributed by atoms with Gasteiger partial charge >= 0.3 is 5.97 Å². The number of hydrogen-bond donors (Lipinski definition) is 4. The van der Waals surface area contributed by atoms with Crippen LogP contribution in [0.4, 0.5) is 5.69 Å². The molecule has 0 aliphatic rings. The average Bonchev–Trinajstić information content (AvgIpc) is 2.73. The molecule has 0 spiro atoms. The first-order valence-electron chi connectivity index (χ1n) is 5.61. The molecular weight excluding hydrogens is 375 g/mol. The fraction of sp³-hybridized carbons (Fsp3) is 0.0769. The highest BCUT2D eigenvalue weighted by Crippen LogP contribution is 2.23. The SMILES string of the molecule is Cc1[nH]cc(NC(=O)c2cc(I)ccc2O)c1C(=O)O. The van der Waals surface area contributed by atoms with Crippen molar-refractivity contribution in [1.82, 2.24) is 4.98 Å². The van der Waals surface area contributed by atoms with E-state index in [0.717, 1.165) is 3.57 Å². The van der Waals surface area contributed by atoms with Crippen LogP contribution in [0.3, 0.4) is 0 Å². The van der Waals surface area contributed by atoms with Crippen molar-refractivity contribution in [1.29, 1.82) is 0 Å². The van der Waals surface area contributed by atoms with Gasteiger partial charge in [0.25, 0.3) is 5.91 Å². The molecule has 0 saturated carbocycles. The maximum absolute atomic E-state index is 12.1.